The van der Waals surface area contributed by atoms with Gasteiger partial charge in [0.2, 0.25) is 0 Å². The number of ketones is 1. The van der Waals surface area contributed by atoms with Crippen LogP contribution in [0.15, 0.2) is 42.5 Å². The molecular weight excluding hydrogens is 292 g/mol. The van der Waals surface area contributed by atoms with Crippen LogP contribution >= 0.6 is 0 Å². The molecule has 2 bridgehead atoms. The molecule has 1 spiro atoms. The number of carbonyl (C=O) groups is 1. The summed E-state index contributed by atoms with van der Waals surface area (Å²) in [5.74, 6) is 2.06. The molecule has 1 fully saturated rings. The lowest BCUT2D eigenvalue weighted by atomic mass is 9.62. The van der Waals surface area contributed by atoms with E-state index in [-0.39, 0.29) is 5.41 Å². The van der Waals surface area contributed by atoms with Crippen molar-refractivity contribution in [2.24, 2.45) is 11.8 Å². The summed E-state index contributed by atoms with van der Waals surface area (Å²) in [5.41, 5.74) is 3.99. The molecule has 122 valence electrons. The minimum Gasteiger partial charge on any atom is -0.299 e. The zero-order valence-corrected chi connectivity index (χ0v) is 14.5. The van der Waals surface area contributed by atoms with Gasteiger partial charge in [0.1, 0.15) is 5.78 Å². The molecule has 5 rings (SSSR count). The molecule has 0 amide bonds. The van der Waals surface area contributed by atoms with Gasteiger partial charge in [-0.05, 0) is 70.5 Å². The van der Waals surface area contributed by atoms with E-state index in [4.69, 9.17) is 0 Å². The third-order valence-corrected chi connectivity index (χ3v) is 6.75. The van der Waals surface area contributed by atoms with Crippen molar-refractivity contribution < 1.29 is 4.79 Å². The Labute approximate surface area is 143 Å². The molecule has 1 saturated carbocycles. The van der Waals surface area contributed by atoms with Gasteiger partial charge in [0.05, 0.1) is 5.41 Å². The Morgan fingerprint density at radius 1 is 1.12 bits per heavy atom. The summed E-state index contributed by atoms with van der Waals surface area (Å²) in [6.45, 7) is 4.53. The van der Waals surface area contributed by atoms with E-state index in [0.717, 1.165) is 19.3 Å². The van der Waals surface area contributed by atoms with E-state index in [1.807, 2.05) is 0 Å². The lowest BCUT2D eigenvalue weighted by molar-refractivity contribution is -0.126. The maximum atomic E-state index is 13.0. The van der Waals surface area contributed by atoms with Crippen LogP contribution < -0.4 is 0 Å². The molecule has 0 heterocycles. The van der Waals surface area contributed by atoms with Crippen molar-refractivity contribution >= 4 is 16.6 Å². The van der Waals surface area contributed by atoms with Crippen LogP contribution in [0.2, 0.25) is 0 Å². The summed E-state index contributed by atoms with van der Waals surface area (Å²) < 4.78 is 0. The Hall–Kier alpha value is -1.89. The zero-order chi connectivity index (χ0) is 16.5. The summed E-state index contributed by atoms with van der Waals surface area (Å²) in [5, 5.41) is 2.69. The van der Waals surface area contributed by atoms with E-state index in [1.54, 1.807) is 0 Å². The van der Waals surface area contributed by atoms with E-state index in [0.29, 0.717) is 23.5 Å². The fourth-order valence-electron chi connectivity index (χ4n) is 5.63. The van der Waals surface area contributed by atoms with Gasteiger partial charge in [-0.15, -0.1) is 0 Å². The molecule has 24 heavy (non-hydrogen) atoms. The largest absolute Gasteiger partial charge is 0.299 e. The fraction of sp³-hybridized carbons (Fsp3) is 0.435. The lowest BCUT2D eigenvalue weighted by Gasteiger charge is -2.40. The van der Waals surface area contributed by atoms with Gasteiger partial charge in [-0.2, -0.15) is 0 Å². The Morgan fingerprint density at radius 2 is 2.00 bits per heavy atom. The number of aryl methyl sites for hydroxylation is 1. The maximum Gasteiger partial charge on any atom is 0.144 e. The number of carbonyl (C=O) groups excluding carboxylic acids is 1. The van der Waals surface area contributed by atoms with Crippen LogP contribution in [0.4, 0.5) is 0 Å². The van der Waals surface area contributed by atoms with Gasteiger partial charge in [0, 0.05) is 6.42 Å². The van der Waals surface area contributed by atoms with Crippen molar-refractivity contribution in [2.75, 3.05) is 0 Å². The molecule has 2 aromatic rings. The SMILES string of the molecule is CC(C)c1cccc2cc3c(cc12)CCC(=O)C31CC2C=CC1C2. The zero-order valence-electron chi connectivity index (χ0n) is 14.5. The van der Waals surface area contributed by atoms with Crippen LogP contribution in [0.25, 0.3) is 10.8 Å². The van der Waals surface area contributed by atoms with Crippen molar-refractivity contribution in [1.29, 1.82) is 0 Å². The van der Waals surface area contributed by atoms with Gasteiger partial charge in [0.15, 0.2) is 0 Å². The second-order valence-corrected chi connectivity index (χ2v) is 8.32. The first-order valence-electron chi connectivity index (χ1n) is 9.37. The van der Waals surface area contributed by atoms with Crippen LogP contribution in [0.3, 0.4) is 0 Å². The van der Waals surface area contributed by atoms with Gasteiger partial charge >= 0.3 is 0 Å². The molecule has 3 aliphatic rings. The Bertz CT molecular complexity index is 888. The smallest absolute Gasteiger partial charge is 0.144 e. The molecule has 0 aromatic heterocycles. The highest BCUT2D eigenvalue weighted by atomic mass is 16.1. The fourth-order valence-corrected chi connectivity index (χ4v) is 5.63. The Balaban J connectivity index is 1.78. The van der Waals surface area contributed by atoms with Crippen LogP contribution in [0.1, 0.15) is 55.7 Å². The third kappa shape index (κ3) is 1.73. The maximum absolute atomic E-state index is 13.0. The highest BCUT2D eigenvalue weighted by molar-refractivity contribution is 5.97. The van der Waals surface area contributed by atoms with Crippen molar-refractivity contribution in [2.45, 2.75) is 50.9 Å². The van der Waals surface area contributed by atoms with Crippen molar-refractivity contribution in [3.63, 3.8) is 0 Å². The first kappa shape index (κ1) is 14.5. The number of benzene rings is 2. The molecule has 0 N–H and O–H groups in total. The monoisotopic (exact) mass is 316 g/mol. The van der Waals surface area contributed by atoms with Crippen molar-refractivity contribution in [3.05, 3.63) is 59.2 Å². The Morgan fingerprint density at radius 3 is 2.71 bits per heavy atom. The average Bonchev–Trinajstić information content (AvgIpc) is 3.18. The van der Waals surface area contributed by atoms with Crippen molar-refractivity contribution in [1.82, 2.24) is 0 Å². The summed E-state index contributed by atoms with van der Waals surface area (Å²) >= 11 is 0. The van der Waals surface area contributed by atoms with Gasteiger partial charge < -0.3 is 0 Å². The first-order valence-corrected chi connectivity index (χ1v) is 9.37. The number of rotatable bonds is 1. The molecule has 0 aliphatic heterocycles. The highest BCUT2D eigenvalue weighted by Crippen LogP contribution is 2.57. The van der Waals surface area contributed by atoms with Crippen LogP contribution in [-0.2, 0) is 16.6 Å². The molecule has 2 aromatic carbocycles. The van der Waals surface area contributed by atoms with Crippen molar-refractivity contribution in [3.8, 4) is 0 Å². The van der Waals surface area contributed by atoms with Gasteiger partial charge in [-0.1, -0.05) is 50.3 Å². The highest BCUT2D eigenvalue weighted by Gasteiger charge is 2.55. The third-order valence-electron chi connectivity index (χ3n) is 6.75. The average molecular weight is 316 g/mol. The summed E-state index contributed by atoms with van der Waals surface area (Å²) in [6, 6.07) is 11.4. The minimum absolute atomic E-state index is 0.213. The molecule has 0 saturated heterocycles. The number of fused-ring (bicyclic) bond motifs is 6. The summed E-state index contributed by atoms with van der Waals surface area (Å²) in [7, 11) is 0. The van der Waals surface area contributed by atoms with E-state index >= 15 is 0 Å². The molecule has 1 nitrogen and oxygen atoms in total. The van der Waals surface area contributed by atoms with E-state index in [1.165, 1.54) is 33.9 Å². The number of allylic oxidation sites excluding steroid dienone is 2. The van der Waals surface area contributed by atoms with Gasteiger partial charge in [-0.3, -0.25) is 4.79 Å². The molecular formula is C23H24O. The van der Waals surface area contributed by atoms with Gasteiger partial charge in [-0.25, -0.2) is 0 Å². The molecule has 3 atom stereocenters. The molecule has 3 unspecified atom stereocenters. The van der Waals surface area contributed by atoms with E-state index in [9.17, 15) is 4.79 Å². The quantitative estimate of drug-likeness (QED) is 0.651. The predicted molar refractivity (Wildman–Crippen MR) is 98.4 cm³/mol. The van der Waals surface area contributed by atoms with E-state index < -0.39 is 0 Å². The standard InChI is InChI=1S/C23H24O/c1-14(2)19-5-3-4-16-12-21-17(11-20(16)19)7-9-22(24)23(21)13-15-6-8-18(23)10-15/h3-6,8,11-12,14-15,18H,7,9-10,13H2,1-2H3. The van der Waals surface area contributed by atoms with Crippen LogP contribution in [0, 0.1) is 11.8 Å². The topological polar surface area (TPSA) is 17.1 Å². The first-order chi connectivity index (χ1) is 11.6. The second-order valence-electron chi connectivity index (χ2n) is 8.32. The number of hydrogen-bond donors (Lipinski definition) is 0. The lowest BCUT2D eigenvalue weighted by Crippen LogP contribution is -2.43. The normalized spacial score (nSPS) is 30.7. The Kier molecular flexibility index (Phi) is 2.90. The van der Waals surface area contributed by atoms with E-state index in [2.05, 4.69) is 56.3 Å². The summed E-state index contributed by atoms with van der Waals surface area (Å²) in [6.07, 6.45) is 8.52. The number of hydrogen-bond acceptors (Lipinski definition) is 1. The number of Topliss-reactive ketones (excluding diaryl/α,β-unsaturated/α-hetero) is 1. The van der Waals surface area contributed by atoms with Crippen LogP contribution in [-0.4, -0.2) is 5.78 Å². The predicted octanol–water partition coefficient (Wildman–Crippen LogP) is 5.31. The molecule has 3 aliphatic carbocycles. The van der Waals surface area contributed by atoms with Gasteiger partial charge in [0.25, 0.3) is 0 Å². The molecule has 0 radical (unpaired) electrons. The summed E-state index contributed by atoms with van der Waals surface area (Å²) in [4.78, 5) is 13.0. The van der Waals surface area contributed by atoms with Crippen LogP contribution in [0.5, 0.6) is 0 Å². The molecule has 1 heteroatoms. The minimum atomic E-state index is -0.213. The second kappa shape index (κ2) is 4.81.